The molecule has 3 rings (SSSR count). The summed E-state index contributed by atoms with van der Waals surface area (Å²) in [5, 5.41) is 27.6. The molecule has 0 fully saturated rings. The zero-order chi connectivity index (χ0) is 23.4. The average molecular weight is 482 g/mol. The molecule has 1 aromatic heterocycles. The van der Waals surface area contributed by atoms with Crippen LogP contribution in [-0.4, -0.2) is 33.9 Å². The van der Waals surface area contributed by atoms with Crippen LogP contribution in [0.5, 0.6) is 0 Å². The number of nitrogen functional groups attached to an aromatic ring is 2. The van der Waals surface area contributed by atoms with Gasteiger partial charge in [0, 0.05) is 35.6 Å². The first-order chi connectivity index (χ1) is 15.2. The van der Waals surface area contributed by atoms with E-state index in [0.717, 1.165) is 16.5 Å². The minimum Gasteiger partial charge on any atom is -0.550 e. The maximum atomic E-state index is 12.2. The van der Waals surface area contributed by atoms with Gasteiger partial charge in [-0.15, -0.1) is 0 Å². The van der Waals surface area contributed by atoms with Gasteiger partial charge in [-0.3, -0.25) is 4.79 Å². The fourth-order valence-corrected chi connectivity index (χ4v) is 3.21. The number of nitrogens with one attached hydrogen (secondary N) is 2. The Labute approximate surface area is 239 Å². The Hall–Kier alpha value is -2.41. The summed E-state index contributed by atoms with van der Waals surface area (Å²) in [4.78, 5) is 42.0. The number of anilines is 3. The molecule has 0 aliphatic carbocycles. The number of amides is 1. The number of nitrogens with zero attached hydrogens (tertiary/aromatic N) is 2. The molecule has 11 nitrogen and oxygen atoms in total. The van der Waals surface area contributed by atoms with E-state index in [2.05, 4.69) is 20.6 Å². The third kappa shape index (κ3) is 7.29. The molecule has 0 radical (unpaired) electrons. The van der Waals surface area contributed by atoms with Crippen LogP contribution in [-0.2, 0) is 16.1 Å². The van der Waals surface area contributed by atoms with Gasteiger partial charge in [-0.1, -0.05) is 6.07 Å². The maximum absolute atomic E-state index is 12.2. The second-order valence-electron chi connectivity index (χ2n) is 7.06. The third-order valence-corrected chi connectivity index (χ3v) is 4.87. The second-order valence-corrected chi connectivity index (χ2v) is 7.06. The van der Waals surface area contributed by atoms with Crippen LogP contribution in [0.25, 0.3) is 10.9 Å². The van der Waals surface area contributed by atoms with Gasteiger partial charge in [0.25, 0.3) is 5.91 Å². The maximum Gasteiger partial charge on any atom is 1.00 e. The van der Waals surface area contributed by atoms with E-state index in [1.54, 1.807) is 12.1 Å². The number of nitrogens with two attached hydrogens (primary N) is 2. The first-order valence-electron chi connectivity index (χ1n) is 9.52. The van der Waals surface area contributed by atoms with Crippen molar-refractivity contribution in [2.75, 3.05) is 16.8 Å². The molecule has 1 unspecified atom stereocenters. The van der Waals surface area contributed by atoms with Crippen molar-refractivity contribution in [1.82, 2.24) is 15.3 Å². The Morgan fingerprint density at radius 2 is 1.65 bits per heavy atom. The van der Waals surface area contributed by atoms with E-state index in [1.165, 1.54) is 12.1 Å². The van der Waals surface area contributed by atoms with Crippen LogP contribution in [0.4, 0.5) is 17.5 Å². The van der Waals surface area contributed by atoms with Crippen molar-refractivity contribution in [3.05, 3.63) is 53.1 Å². The number of benzene rings is 2. The molecule has 2 aromatic carbocycles. The van der Waals surface area contributed by atoms with Crippen LogP contribution in [0.1, 0.15) is 27.9 Å². The van der Waals surface area contributed by atoms with E-state index in [-0.39, 0.29) is 70.6 Å². The smallest absolute Gasteiger partial charge is 0.550 e. The van der Waals surface area contributed by atoms with E-state index in [4.69, 9.17) is 11.5 Å². The van der Waals surface area contributed by atoms with Gasteiger partial charge in [-0.2, -0.15) is 4.98 Å². The number of aliphatic carboxylic acids is 2. The van der Waals surface area contributed by atoms with E-state index in [1.807, 2.05) is 19.1 Å². The number of aryl methyl sites for hydroxylation is 1. The Morgan fingerprint density at radius 3 is 2.24 bits per heavy atom. The van der Waals surface area contributed by atoms with Gasteiger partial charge < -0.3 is 41.9 Å². The minimum atomic E-state index is -1.71. The van der Waals surface area contributed by atoms with E-state index < -0.39 is 30.3 Å². The van der Waals surface area contributed by atoms with Crippen molar-refractivity contribution >= 4 is 46.2 Å². The van der Waals surface area contributed by atoms with Crippen LogP contribution in [0.3, 0.4) is 0 Å². The predicted molar refractivity (Wildman–Crippen MR) is 113 cm³/mol. The number of hydrogen-bond donors (Lipinski definition) is 4. The van der Waals surface area contributed by atoms with Gasteiger partial charge in [-0.05, 0) is 48.4 Å². The first-order valence-corrected chi connectivity index (χ1v) is 9.52. The van der Waals surface area contributed by atoms with Gasteiger partial charge in [0.1, 0.15) is 5.82 Å². The Bertz CT molecular complexity index is 1210. The molecule has 34 heavy (non-hydrogen) atoms. The van der Waals surface area contributed by atoms with Crippen molar-refractivity contribution in [3.63, 3.8) is 0 Å². The molecule has 0 aliphatic rings. The van der Waals surface area contributed by atoms with Crippen LogP contribution < -0.4 is 91.4 Å². The van der Waals surface area contributed by atoms with E-state index in [9.17, 15) is 24.6 Å². The van der Waals surface area contributed by atoms with Crippen LogP contribution in [0.2, 0.25) is 0 Å². The summed E-state index contributed by atoms with van der Waals surface area (Å²) in [5.74, 6) is -3.65. The molecule has 3 aromatic rings. The van der Waals surface area contributed by atoms with Crippen molar-refractivity contribution in [1.29, 1.82) is 0 Å². The summed E-state index contributed by atoms with van der Waals surface area (Å²) in [6.07, 6.45) is -0.888. The number of carboxylic acids is 2. The summed E-state index contributed by atoms with van der Waals surface area (Å²) < 4.78 is 0. The summed E-state index contributed by atoms with van der Waals surface area (Å²) in [6.45, 7) is 2.36. The van der Waals surface area contributed by atoms with Crippen molar-refractivity contribution < 1.29 is 83.7 Å². The number of carboxylic acid groups (broad SMARTS) is 2. The normalized spacial score (nSPS) is 11.0. The Balaban J connectivity index is 0.00000289. The zero-order valence-electron chi connectivity index (χ0n) is 19.0. The van der Waals surface area contributed by atoms with Gasteiger partial charge in [-0.25, -0.2) is 4.98 Å². The predicted octanol–water partition coefficient (Wildman–Crippen LogP) is -7.29. The number of carbonyl (C=O) groups is 3. The summed E-state index contributed by atoms with van der Waals surface area (Å²) in [6, 6.07) is 8.24. The van der Waals surface area contributed by atoms with Gasteiger partial charge in [0.05, 0.1) is 17.5 Å². The van der Waals surface area contributed by atoms with E-state index >= 15 is 0 Å². The SMILES string of the molecule is Cc1c(CNc2ccc(C(=O)NC(CC(=O)[O-])C(=O)[O-])cc2)ccc2nc(N)nc(N)c12.[Na+].[Na+]. The first kappa shape index (κ1) is 29.6. The molecule has 0 saturated heterocycles. The van der Waals surface area contributed by atoms with Crippen molar-refractivity contribution in [3.8, 4) is 0 Å². The molecule has 13 heteroatoms. The number of rotatable bonds is 8. The summed E-state index contributed by atoms with van der Waals surface area (Å²) in [5.41, 5.74) is 15.0. The van der Waals surface area contributed by atoms with Gasteiger partial charge >= 0.3 is 59.1 Å². The van der Waals surface area contributed by atoms with Crippen molar-refractivity contribution in [2.24, 2.45) is 0 Å². The Kier molecular flexibility index (Phi) is 11.2. The largest absolute Gasteiger partial charge is 1.00 e. The molecule has 166 valence electrons. The van der Waals surface area contributed by atoms with Gasteiger partial charge in [0.15, 0.2) is 0 Å². The van der Waals surface area contributed by atoms with Crippen LogP contribution in [0.15, 0.2) is 36.4 Å². The molecule has 0 spiro atoms. The summed E-state index contributed by atoms with van der Waals surface area (Å²) >= 11 is 0. The van der Waals surface area contributed by atoms with E-state index in [0.29, 0.717) is 23.6 Å². The van der Waals surface area contributed by atoms with Gasteiger partial charge in [0.2, 0.25) is 5.95 Å². The molecular weight excluding hydrogens is 462 g/mol. The third-order valence-electron chi connectivity index (χ3n) is 4.87. The monoisotopic (exact) mass is 482 g/mol. The average Bonchev–Trinajstić information content (AvgIpc) is 2.72. The molecule has 1 amide bonds. The molecule has 0 bridgehead atoms. The zero-order valence-corrected chi connectivity index (χ0v) is 23.0. The summed E-state index contributed by atoms with van der Waals surface area (Å²) in [7, 11) is 0. The quantitative estimate of drug-likeness (QED) is 0.224. The number of carbonyl (C=O) groups excluding carboxylic acids is 3. The molecular formula is C21H20N6Na2O5. The molecule has 6 N–H and O–H groups in total. The van der Waals surface area contributed by atoms with Crippen LogP contribution >= 0.6 is 0 Å². The molecule has 0 aliphatic heterocycles. The fraction of sp³-hybridized carbons (Fsp3) is 0.190. The minimum absolute atomic E-state index is 0. The number of fused-ring (bicyclic) bond motifs is 1. The molecule has 0 saturated carbocycles. The second kappa shape index (κ2) is 12.9. The molecule has 1 heterocycles. The fourth-order valence-electron chi connectivity index (χ4n) is 3.21. The number of aromatic nitrogens is 2. The molecule has 1 atom stereocenters. The topological polar surface area (TPSA) is 199 Å². The van der Waals surface area contributed by atoms with Crippen LogP contribution in [0, 0.1) is 6.92 Å². The number of hydrogen-bond acceptors (Lipinski definition) is 10. The van der Waals surface area contributed by atoms with Crippen molar-refractivity contribution in [2.45, 2.75) is 25.9 Å². The Morgan fingerprint density at radius 1 is 1.00 bits per heavy atom. The standard InChI is InChI=1S/C21H22N6O5.2Na/c1-10-12(4-7-14-17(10)18(22)27-21(23)26-14)9-24-13-5-2-11(3-6-13)19(30)25-15(20(31)32)8-16(28)29;;/h2-7,15,24H,8-9H2,1H3,(H,25,30)(H,28,29)(H,31,32)(H4,22,23,26,27);;/q;2*+1/p-2.